The van der Waals surface area contributed by atoms with Crippen molar-refractivity contribution >= 4 is 33.7 Å². The van der Waals surface area contributed by atoms with Gasteiger partial charge in [-0.3, -0.25) is 19.7 Å². The number of carbonyl (C=O) groups excluding carboxylic acids is 2. The van der Waals surface area contributed by atoms with E-state index in [0.29, 0.717) is 0 Å². The lowest BCUT2D eigenvalue weighted by molar-refractivity contribution is -0.402. The minimum atomic E-state index is -0.751. The molecule has 1 aromatic rings. The first-order chi connectivity index (χ1) is 8.45. The van der Waals surface area contributed by atoms with Crippen LogP contribution in [0, 0.1) is 10.1 Å². The molecular weight excluding hydrogens is 312 g/mol. The zero-order valence-electron chi connectivity index (χ0n) is 9.21. The molecule has 0 bridgehead atoms. The van der Waals surface area contributed by atoms with Gasteiger partial charge in [0.1, 0.15) is 9.75 Å². The van der Waals surface area contributed by atoms with Crippen LogP contribution in [0.3, 0.4) is 0 Å². The van der Waals surface area contributed by atoms with E-state index in [1.54, 1.807) is 0 Å². The highest BCUT2D eigenvalue weighted by atomic mass is 79.9. The summed E-state index contributed by atoms with van der Waals surface area (Å²) in [4.78, 5) is 31.4. The number of nitrogens with one attached hydrogen (secondary N) is 1. The quantitative estimate of drug-likeness (QED) is 0.372. The van der Waals surface area contributed by atoms with E-state index in [2.05, 4.69) is 30.4 Å². The Kier molecular flexibility index (Phi) is 4.84. The van der Waals surface area contributed by atoms with Crippen molar-refractivity contribution in [3.05, 3.63) is 28.0 Å². The van der Waals surface area contributed by atoms with E-state index >= 15 is 0 Å². The number of esters is 1. The molecule has 0 spiro atoms. The predicted molar refractivity (Wildman–Crippen MR) is 62.4 cm³/mol. The van der Waals surface area contributed by atoms with Gasteiger partial charge in [-0.1, -0.05) is 15.9 Å². The molecule has 0 saturated carbocycles. The first kappa shape index (κ1) is 14.2. The minimum Gasteiger partial charge on any atom is -0.468 e. The fraction of sp³-hybridized carbons (Fsp3) is 0.333. The van der Waals surface area contributed by atoms with Gasteiger partial charge in [-0.2, -0.15) is 0 Å². The van der Waals surface area contributed by atoms with Gasteiger partial charge in [-0.15, -0.1) is 0 Å². The third kappa shape index (κ3) is 3.55. The number of hydrogen-bond donors (Lipinski definition) is 1. The lowest BCUT2D eigenvalue weighted by Crippen LogP contribution is -2.33. The number of methoxy groups -OCH3 is 1. The van der Waals surface area contributed by atoms with Crippen LogP contribution >= 0.6 is 15.9 Å². The molecule has 1 heterocycles. The monoisotopic (exact) mass is 320 g/mol. The maximum absolute atomic E-state index is 11.5. The van der Waals surface area contributed by atoms with E-state index in [4.69, 9.17) is 0 Å². The van der Waals surface area contributed by atoms with Crippen LogP contribution in [-0.4, -0.2) is 35.3 Å². The molecule has 1 atom stereocenters. The maximum atomic E-state index is 11.5. The minimum absolute atomic E-state index is 0.0278. The smallest absolute Gasteiger partial charge is 0.433 e. The summed E-state index contributed by atoms with van der Waals surface area (Å²) in [6, 6.07) is 2.25. The predicted octanol–water partition coefficient (Wildman–Crippen LogP) is 0.854. The molecular formula is C9H9BrN2O6. The summed E-state index contributed by atoms with van der Waals surface area (Å²) in [5.74, 6) is -1.92. The topological polar surface area (TPSA) is 112 Å². The van der Waals surface area contributed by atoms with Crippen molar-refractivity contribution in [3.8, 4) is 0 Å². The summed E-state index contributed by atoms with van der Waals surface area (Å²) >= 11 is 3.00. The maximum Gasteiger partial charge on any atom is 0.433 e. The Morgan fingerprint density at radius 2 is 2.28 bits per heavy atom. The van der Waals surface area contributed by atoms with Crippen molar-refractivity contribution < 1.29 is 23.7 Å². The first-order valence-electron chi connectivity index (χ1n) is 4.70. The van der Waals surface area contributed by atoms with E-state index in [1.807, 2.05) is 0 Å². The fourth-order valence-corrected chi connectivity index (χ4v) is 1.38. The second kappa shape index (κ2) is 6.15. The Balaban J connectivity index is 2.55. The number of hydrogen-bond acceptors (Lipinski definition) is 6. The summed E-state index contributed by atoms with van der Waals surface area (Å²) in [6.45, 7) is -0.0278. The number of nitro groups is 1. The molecule has 0 aliphatic heterocycles. The van der Waals surface area contributed by atoms with Crippen LogP contribution in [-0.2, 0) is 9.53 Å². The van der Waals surface area contributed by atoms with Crippen molar-refractivity contribution in [2.24, 2.45) is 0 Å². The van der Waals surface area contributed by atoms with E-state index in [-0.39, 0.29) is 12.3 Å². The van der Waals surface area contributed by atoms with Crippen molar-refractivity contribution in [3.63, 3.8) is 0 Å². The molecule has 9 heteroatoms. The highest BCUT2D eigenvalue weighted by molar-refractivity contribution is 9.10. The number of amides is 1. The van der Waals surface area contributed by atoms with Gasteiger partial charge in [0.15, 0.2) is 5.76 Å². The molecule has 1 aromatic heterocycles. The van der Waals surface area contributed by atoms with E-state index < -0.39 is 27.5 Å². The number of halogens is 1. The van der Waals surface area contributed by atoms with E-state index in [0.717, 1.165) is 6.07 Å². The summed E-state index contributed by atoms with van der Waals surface area (Å²) < 4.78 is 9.12. The number of rotatable bonds is 5. The molecule has 1 unspecified atom stereocenters. The molecule has 8 nitrogen and oxygen atoms in total. The second-order valence-electron chi connectivity index (χ2n) is 3.10. The number of nitrogens with zero attached hydrogens (tertiary/aromatic N) is 1. The van der Waals surface area contributed by atoms with Gasteiger partial charge in [-0.05, 0) is 6.07 Å². The van der Waals surface area contributed by atoms with Gasteiger partial charge in [-0.25, -0.2) is 0 Å². The summed E-state index contributed by atoms with van der Waals surface area (Å²) in [5, 5.41) is 12.7. The van der Waals surface area contributed by atoms with Crippen molar-refractivity contribution in [2.45, 2.75) is 4.83 Å². The molecule has 0 radical (unpaired) electrons. The van der Waals surface area contributed by atoms with Crippen LogP contribution in [0.1, 0.15) is 10.6 Å². The molecule has 0 fully saturated rings. The van der Waals surface area contributed by atoms with Crippen LogP contribution in [0.2, 0.25) is 0 Å². The van der Waals surface area contributed by atoms with Crippen molar-refractivity contribution in [2.75, 3.05) is 13.7 Å². The lowest BCUT2D eigenvalue weighted by Gasteiger charge is -2.07. The van der Waals surface area contributed by atoms with Gasteiger partial charge >= 0.3 is 11.9 Å². The largest absolute Gasteiger partial charge is 0.468 e. The van der Waals surface area contributed by atoms with E-state index in [9.17, 15) is 19.7 Å². The molecule has 98 valence electrons. The van der Waals surface area contributed by atoms with Gasteiger partial charge < -0.3 is 14.5 Å². The summed E-state index contributed by atoms with van der Waals surface area (Å²) in [5.41, 5.74) is 0. The first-order valence-corrected chi connectivity index (χ1v) is 5.61. The Labute approximate surface area is 110 Å². The van der Waals surface area contributed by atoms with Crippen LogP contribution in [0.25, 0.3) is 0 Å². The molecule has 0 aromatic carbocycles. The van der Waals surface area contributed by atoms with Crippen LogP contribution < -0.4 is 5.32 Å². The third-order valence-electron chi connectivity index (χ3n) is 1.89. The molecule has 1 N–H and O–H groups in total. The van der Waals surface area contributed by atoms with Crippen molar-refractivity contribution in [1.82, 2.24) is 5.32 Å². The zero-order chi connectivity index (χ0) is 13.7. The van der Waals surface area contributed by atoms with Gasteiger partial charge in [0.05, 0.1) is 13.2 Å². The summed E-state index contributed by atoms with van der Waals surface area (Å²) in [6.07, 6.45) is 0. The van der Waals surface area contributed by atoms with Gasteiger partial charge in [0.2, 0.25) is 0 Å². The van der Waals surface area contributed by atoms with Gasteiger partial charge in [0, 0.05) is 6.54 Å². The Hall–Kier alpha value is -1.90. The third-order valence-corrected chi connectivity index (χ3v) is 2.59. The van der Waals surface area contributed by atoms with Gasteiger partial charge in [0.25, 0.3) is 5.91 Å². The molecule has 0 aliphatic carbocycles. The fourth-order valence-electron chi connectivity index (χ4n) is 1.03. The molecule has 1 rings (SSSR count). The highest BCUT2D eigenvalue weighted by Crippen LogP contribution is 2.15. The number of carbonyl (C=O) groups is 2. The standard InChI is InChI=1S/C9H9BrN2O6/c1-17-9(14)5(10)4-11-8(13)6-2-3-7(18-6)12(15)16/h2-3,5H,4H2,1H3,(H,11,13). The average Bonchev–Trinajstić information content (AvgIpc) is 2.84. The Morgan fingerprint density at radius 3 is 2.78 bits per heavy atom. The van der Waals surface area contributed by atoms with Crippen LogP contribution in [0.15, 0.2) is 16.5 Å². The van der Waals surface area contributed by atoms with Crippen LogP contribution in [0.4, 0.5) is 5.88 Å². The lowest BCUT2D eigenvalue weighted by atomic mass is 10.4. The average molecular weight is 321 g/mol. The van der Waals surface area contributed by atoms with E-state index in [1.165, 1.54) is 13.2 Å². The Bertz CT molecular complexity index is 471. The second-order valence-corrected chi connectivity index (χ2v) is 4.20. The van der Waals surface area contributed by atoms with Crippen LogP contribution in [0.5, 0.6) is 0 Å². The number of ether oxygens (including phenoxy) is 1. The van der Waals surface area contributed by atoms with Crippen molar-refractivity contribution in [1.29, 1.82) is 0 Å². The zero-order valence-corrected chi connectivity index (χ0v) is 10.8. The molecule has 18 heavy (non-hydrogen) atoms. The number of furan rings is 1. The SMILES string of the molecule is COC(=O)C(Br)CNC(=O)c1ccc([N+](=O)[O-])o1. The number of alkyl halides is 1. The normalized spacial score (nSPS) is 11.7. The highest BCUT2D eigenvalue weighted by Gasteiger charge is 2.20. The summed E-state index contributed by atoms with van der Waals surface area (Å²) in [7, 11) is 1.22. The Morgan fingerprint density at radius 1 is 1.61 bits per heavy atom. The molecule has 0 aliphatic rings. The molecule has 1 amide bonds. The molecule has 0 saturated heterocycles.